The van der Waals surface area contributed by atoms with E-state index in [4.69, 9.17) is 30.9 Å². The molecule has 8 N–H and O–H groups in total. The quantitative estimate of drug-likeness (QED) is 0.245. The Balaban J connectivity index is 1.98. The second-order valence-corrected chi connectivity index (χ2v) is 9.88. The lowest BCUT2D eigenvalue weighted by atomic mass is 10.1. The van der Waals surface area contributed by atoms with Crippen molar-refractivity contribution in [1.29, 1.82) is 0 Å². The van der Waals surface area contributed by atoms with E-state index >= 15 is 0 Å². The average Bonchev–Trinajstić information content (AvgIpc) is 2.82. The fourth-order valence-corrected chi connectivity index (χ4v) is 5.23. The Morgan fingerprint density at radius 2 is 1.86 bits per heavy atom. The molecule has 2 unspecified atom stereocenters. The molecule has 1 saturated heterocycles. The molecule has 0 aromatic carbocycles. The number of nitrogens with two attached hydrogens (primary N) is 2. The Morgan fingerprint density at radius 1 is 1.21 bits per heavy atom. The van der Waals surface area contributed by atoms with Gasteiger partial charge in [0.2, 0.25) is 0 Å². The van der Waals surface area contributed by atoms with Crippen LogP contribution >= 0.6 is 23.5 Å². The van der Waals surface area contributed by atoms with Crippen LogP contribution in [0.4, 0.5) is 5.82 Å². The largest absolute Gasteiger partial charge is 0.490 e. The molecular weight excluding hydrogens is 449 g/mol. The zero-order valence-electron chi connectivity index (χ0n) is 13.7. The molecule has 2 heterocycles. The first-order chi connectivity index (χ1) is 12.7. The van der Waals surface area contributed by atoms with Crippen molar-refractivity contribution in [3.63, 3.8) is 0 Å². The van der Waals surface area contributed by atoms with Crippen molar-refractivity contribution in [1.82, 2.24) is 9.55 Å². The highest BCUT2D eigenvalue weighted by molar-refractivity contribution is 7.66. The van der Waals surface area contributed by atoms with Gasteiger partial charge in [0.25, 0.3) is 0 Å². The summed E-state index contributed by atoms with van der Waals surface area (Å²) in [4.78, 5) is 50.7. The van der Waals surface area contributed by atoms with Crippen molar-refractivity contribution >= 4 is 29.3 Å². The van der Waals surface area contributed by atoms with Crippen LogP contribution in [0.25, 0.3) is 0 Å². The standard InChI is InChI=1S/C9H17N4O12P3/c10-5-3-8(13-2-1-7(11)12-9(13)14)23-6(5)4-22-27(18,19)25-28(20,21)24-26(15,16)17/h1-2,5-6,8H,3-4,10H2,(H,18,19)(H,20,21)(H2,11,12,14)(H2,15,16,17)/t5-,6+,8+/m0/s1. The first-order valence-corrected chi connectivity index (χ1v) is 11.7. The number of rotatable bonds is 8. The number of ether oxygens (including phenoxy) is 1. The molecule has 1 aliphatic heterocycles. The molecule has 5 atom stereocenters. The van der Waals surface area contributed by atoms with Gasteiger partial charge in [-0.15, -0.1) is 0 Å². The fourth-order valence-electron chi connectivity index (χ4n) is 2.20. The minimum absolute atomic E-state index is 0.00671. The summed E-state index contributed by atoms with van der Waals surface area (Å²) >= 11 is 0. The molecule has 28 heavy (non-hydrogen) atoms. The predicted octanol–water partition coefficient (Wildman–Crippen LogP) is -1.22. The van der Waals surface area contributed by atoms with Crippen molar-refractivity contribution in [3.05, 3.63) is 22.7 Å². The molecule has 2 rings (SSSR count). The lowest BCUT2D eigenvalue weighted by molar-refractivity contribution is -0.0266. The van der Waals surface area contributed by atoms with Crippen LogP contribution in [-0.2, 0) is 31.6 Å². The zero-order valence-corrected chi connectivity index (χ0v) is 16.4. The number of phosphoric acid groups is 3. The molecular formula is C9H17N4O12P3. The predicted molar refractivity (Wildman–Crippen MR) is 89.2 cm³/mol. The number of aromatic nitrogens is 2. The van der Waals surface area contributed by atoms with Gasteiger partial charge in [-0.1, -0.05) is 0 Å². The Kier molecular flexibility index (Phi) is 6.99. The third kappa shape index (κ3) is 6.81. The summed E-state index contributed by atoms with van der Waals surface area (Å²) in [5.41, 5.74) is 10.5. The van der Waals surface area contributed by atoms with Gasteiger partial charge in [-0.2, -0.15) is 13.6 Å². The van der Waals surface area contributed by atoms with Gasteiger partial charge in [0.15, 0.2) is 0 Å². The monoisotopic (exact) mass is 466 g/mol. The summed E-state index contributed by atoms with van der Waals surface area (Å²) in [7, 11) is -16.4. The minimum Gasteiger partial charge on any atom is -0.383 e. The van der Waals surface area contributed by atoms with Crippen molar-refractivity contribution in [2.45, 2.75) is 24.8 Å². The highest BCUT2D eigenvalue weighted by atomic mass is 31.3. The van der Waals surface area contributed by atoms with E-state index in [2.05, 4.69) is 18.1 Å². The van der Waals surface area contributed by atoms with Crippen LogP contribution in [0.1, 0.15) is 12.6 Å². The Bertz CT molecular complexity index is 916. The Labute approximate surface area is 156 Å². The molecule has 16 nitrogen and oxygen atoms in total. The lowest BCUT2D eigenvalue weighted by Gasteiger charge is -2.19. The Morgan fingerprint density at radius 3 is 2.43 bits per heavy atom. The van der Waals surface area contributed by atoms with Crippen LogP contribution in [0.2, 0.25) is 0 Å². The van der Waals surface area contributed by atoms with Crippen LogP contribution < -0.4 is 17.2 Å². The maximum atomic E-state index is 11.8. The van der Waals surface area contributed by atoms with Gasteiger partial charge < -0.3 is 35.8 Å². The third-order valence-corrected chi connectivity index (χ3v) is 7.07. The number of nitrogens with zero attached hydrogens (tertiary/aromatic N) is 2. The number of anilines is 1. The molecule has 0 saturated carbocycles. The number of hydrogen-bond acceptors (Lipinski definition) is 11. The molecule has 160 valence electrons. The second-order valence-electron chi connectivity index (χ2n) is 5.46. The van der Waals surface area contributed by atoms with E-state index < -0.39 is 54.1 Å². The molecule has 1 aromatic heterocycles. The highest BCUT2D eigenvalue weighted by Crippen LogP contribution is 2.66. The van der Waals surface area contributed by atoms with Crippen LogP contribution in [0, 0.1) is 0 Å². The number of phosphoric ester groups is 1. The van der Waals surface area contributed by atoms with Gasteiger partial charge in [0, 0.05) is 18.7 Å². The SMILES string of the molecule is Nc1ccn([C@H]2C[C@H](N)[C@@H](COP(=O)(O)OP(=O)(O)OP(=O)(O)O)O2)c(=O)n1. The van der Waals surface area contributed by atoms with Crippen LogP contribution in [0.15, 0.2) is 17.1 Å². The summed E-state index contributed by atoms with van der Waals surface area (Å²) in [6.07, 6.45) is -0.521. The van der Waals surface area contributed by atoms with E-state index in [1.165, 1.54) is 12.3 Å². The Hall–Kier alpha value is -0.990. The zero-order chi connectivity index (χ0) is 21.3. The van der Waals surface area contributed by atoms with Crippen molar-refractivity contribution in [3.8, 4) is 0 Å². The van der Waals surface area contributed by atoms with Crippen LogP contribution in [-0.4, -0.2) is 47.9 Å². The molecule has 19 heteroatoms. The van der Waals surface area contributed by atoms with E-state index in [1.807, 2.05) is 0 Å². The van der Waals surface area contributed by atoms with E-state index in [0.717, 1.165) is 4.57 Å². The van der Waals surface area contributed by atoms with Gasteiger partial charge in [-0.05, 0) is 6.07 Å². The third-order valence-electron chi connectivity index (χ3n) is 3.26. The molecule has 1 aliphatic rings. The molecule has 1 aromatic rings. The van der Waals surface area contributed by atoms with E-state index in [0.29, 0.717) is 0 Å². The first-order valence-electron chi connectivity index (χ1n) is 7.21. The van der Waals surface area contributed by atoms with E-state index in [1.54, 1.807) is 0 Å². The minimum atomic E-state index is -5.62. The lowest BCUT2D eigenvalue weighted by Crippen LogP contribution is -2.33. The smallest absolute Gasteiger partial charge is 0.383 e. The van der Waals surface area contributed by atoms with Crippen LogP contribution in [0.5, 0.6) is 0 Å². The highest BCUT2D eigenvalue weighted by Gasteiger charge is 2.42. The van der Waals surface area contributed by atoms with Gasteiger partial charge in [-0.25, -0.2) is 18.5 Å². The topological polar surface area (TPSA) is 256 Å². The summed E-state index contributed by atoms with van der Waals surface area (Å²) in [5.74, 6) is -0.00671. The van der Waals surface area contributed by atoms with Crippen molar-refractivity contribution < 1.29 is 51.2 Å². The van der Waals surface area contributed by atoms with E-state index in [-0.39, 0.29) is 12.2 Å². The molecule has 0 amide bonds. The number of hydrogen-bond donors (Lipinski definition) is 6. The summed E-state index contributed by atoms with van der Waals surface area (Å²) in [6, 6.07) is 0.567. The summed E-state index contributed by atoms with van der Waals surface area (Å²) < 4.78 is 51.7. The molecule has 0 radical (unpaired) electrons. The van der Waals surface area contributed by atoms with Crippen molar-refractivity contribution in [2.24, 2.45) is 5.73 Å². The first kappa shape index (κ1) is 23.3. The van der Waals surface area contributed by atoms with Crippen LogP contribution in [0.3, 0.4) is 0 Å². The maximum absolute atomic E-state index is 11.8. The average molecular weight is 466 g/mol. The van der Waals surface area contributed by atoms with Gasteiger partial charge >= 0.3 is 29.2 Å². The molecule has 0 aliphatic carbocycles. The normalized spacial score (nSPS) is 27.2. The molecule has 0 spiro atoms. The molecule has 0 bridgehead atoms. The maximum Gasteiger partial charge on any atom is 0.490 e. The summed E-state index contributed by atoms with van der Waals surface area (Å²) in [6.45, 7) is -0.724. The van der Waals surface area contributed by atoms with Crippen molar-refractivity contribution in [2.75, 3.05) is 12.3 Å². The van der Waals surface area contributed by atoms with Gasteiger partial charge in [-0.3, -0.25) is 9.09 Å². The molecule has 1 fully saturated rings. The fraction of sp³-hybridized carbons (Fsp3) is 0.556. The number of nitrogen functional groups attached to an aromatic ring is 1. The second kappa shape index (κ2) is 8.40. The summed E-state index contributed by atoms with van der Waals surface area (Å²) in [5, 5.41) is 0. The van der Waals surface area contributed by atoms with Gasteiger partial charge in [0.05, 0.1) is 12.7 Å². The van der Waals surface area contributed by atoms with Gasteiger partial charge in [0.1, 0.15) is 12.0 Å². The van der Waals surface area contributed by atoms with E-state index in [9.17, 15) is 23.4 Å².